The second-order valence-corrected chi connectivity index (χ2v) is 5.53. The van der Waals surface area contributed by atoms with Gasteiger partial charge in [0.2, 0.25) is 0 Å². The highest BCUT2D eigenvalue weighted by Crippen LogP contribution is 2.18. The summed E-state index contributed by atoms with van der Waals surface area (Å²) >= 11 is 0. The Kier molecular flexibility index (Phi) is 11.4. The molecule has 0 aromatic carbocycles. The van der Waals surface area contributed by atoms with Crippen LogP contribution in [0.1, 0.15) is 78.6 Å². The molecule has 0 aromatic heterocycles. The lowest BCUT2D eigenvalue weighted by Gasteiger charge is -2.12. The van der Waals surface area contributed by atoms with Gasteiger partial charge in [0.15, 0.2) is 0 Å². The van der Waals surface area contributed by atoms with E-state index in [0.29, 0.717) is 12.5 Å². The fraction of sp³-hybridized carbons (Fsp3) is 1.00. The van der Waals surface area contributed by atoms with Crippen LogP contribution in [-0.2, 0) is 0 Å². The van der Waals surface area contributed by atoms with Gasteiger partial charge < -0.3 is 5.11 Å². The molecule has 0 aromatic rings. The quantitative estimate of drug-likeness (QED) is 0.504. The molecule has 0 fully saturated rings. The summed E-state index contributed by atoms with van der Waals surface area (Å²) in [5.74, 6) is 1.38. The molecule has 0 heterocycles. The standard InChI is InChI=1S/C15H32O/c1-4-5-6-7-8-10-14(2)11-9-12-15(3)13-16/h14-16H,4-13H2,1-3H3/t14-,15-/m0/s1. The van der Waals surface area contributed by atoms with Crippen molar-refractivity contribution in [2.75, 3.05) is 6.61 Å². The monoisotopic (exact) mass is 228 g/mol. The predicted octanol–water partition coefficient (Wildman–Crippen LogP) is 4.78. The Morgan fingerprint density at radius 3 is 1.94 bits per heavy atom. The Labute approximate surface area is 103 Å². The first-order valence-electron chi connectivity index (χ1n) is 7.31. The van der Waals surface area contributed by atoms with Crippen LogP contribution in [0, 0.1) is 11.8 Å². The van der Waals surface area contributed by atoms with Crippen molar-refractivity contribution < 1.29 is 5.11 Å². The Morgan fingerprint density at radius 1 is 0.750 bits per heavy atom. The van der Waals surface area contributed by atoms with E-state index in [1.165, 1.54) is 57.8 Å². The van der Waals surface area contributed by atoms with Crippen molar-refractivity contribution in [1.82, 2.24) is 0 Å². The predicted molar refractivity (Wildman–Crippen MR) is 72.6 cm³/mol. The second kappa shape index (κ2) is 11.4. The van der Waals surface area contributed by atoms with Gasteiger partial charge >= 0.3 is 0 Å². The molecule has 16 heavy (non-hydrogen) atoms. The molecule has 0 aliphatic heterocycles. The number of hydrogen-bond acceptors (Lipinski definition) is 1. The van der Waals surface area contributed by atoms with Gasteiger partial charge in [-0.2, -0.15) is 0 Å². The molecule has 0 aliphatic rings. The van der Waals surface area contributed by atoms with E-state index in [9.17, 15) is 0 Å². The van der Waals surface area contributed by atoms with E-state index in [1.54, 1.807) is 0 Å². The molecule has 0 unspecified atom stereocenters. The van der Waals surface area contributed by atoms with Gasteiger partial charge in [-0.25, -0.2) is 0 Å². The molecule has 1 nitrogen and oxygen atoms in total. The van der Waals surface area contributed by atoms with Crippen molar-refractivity contribution in [3.05, 3.63) is 0 Å². The molecule has 0 saturated carbocycles. The third-order valence-electron chi connectivity index (χ3n) is 3.51. The summed E-state index contributed by atoms with van der Waals surface area (Å²) < 4.78 is 0. The smallest absolute Gasteiger partial charge is 0.0456 e. The highest BCUT2D eigenvalue weighted by Gasteiger charge is 2.04. The van der Waals surface area contributed by atoms with Crippen LogP contribution in [0.4, 0.5) is 0 Å². The number of rotatable bonds is 11. The topological polar surface area (TPSA) is 20.2 Å². The fourth-order valence-electron chi connectivity index (χ4n) is 2.15. The minimum Gasteiger partial charge on any atom is -0.396 e. The van der Waals surface area contributed by atoms with Crippen molar-refractivity contribution in [3.63, 3.8) is 0 Å². The van der Waals surface area contributed by atoms with Crippen molar-refractivity contribution in [3.8, 4) is 0 Å². The molecule has 2 atom stereocenters. The van der Waals surface area contributed by atoms with Gasteiger partial charge in [-0.1, -0.05) is 72.1 Å². The summed E-state index contributed by atoms with van der Waals surface area (Å²) in [6.07, 6.45) is 12.2. The van der Waals surface area contributed by atoms with Gasteiger partial charge in [0, 0.05) is 6.61 Å². The van der Waals surface area contributed by atoms with Gasteiger partial charge in [-0.05, 0) is 18.3 Å². The summed E-state index contributed by atoms with van der Waals surface area (Å²) in [5, 5.41) is 8.92. The van der Waals surface area contributed by atoms with E-state index >= 15 is 0 Å². The van der Waals surface area contributed by atoms with Crippen LogP contribution >= 0.6 is 0 Å². The van der Waals surface area contributed by atoms with E-state index in [2.05, 4.69) is 20.8 Å². The maximum Gasteiger partial charge on any atom is 0.0456 e. The van der Waals surface area contributed by atoms with Gasteiger partial charge in [0.25, 0.3) is 0 Å². The molecule has 0 spiro atoms. The molecule has 0 amide bonds. The average Bonchev–Trinajstić information content (AvgIpc) is 2.28. The Balaban J connectivity index is 3.21. The van der Waals surface area contributed by atoms with E-state index in [4.69, 9.17) is 5.11 Å². The Bertz CT molecular complexity index is 133. The van der Waals surface area contributed by atoms with Crippen LogP contribution in [0.25, 0.3) is 0 Å². The molecule has 1 N–H and O–H groups in total. The highest BCUT2D eigenvalue weighted by molar-refractivity contribution is 4.57. The molecule has 1 heteroatoms. The summed E-state index contributed by atoms with van der Waals surface area (Å²) in [6, 6.07) is 0. The lowest BCUT2D eigenvalue weighted by molar-refractivity contribution is 0.225. The molecule has 0 radical (unpaired) electrons. The van der Waals surface area contributed by atoms with Crippen LogP contribution in [0.3, 0.4) is 0 Å². The van der Waals surface area contributed by atoms with Crippen molar-refractivity contribution in [2.45, 2.75) is 78.6 Å². The summed E-state index contributed by atoms with van der Waals surface area (Å²) in [5.41, 5.74) is 0. The van der Waals surface area contributed by atoms with Crippen LogP contribution in [-0.4, -0.2) is 11.7 Å². The Morgan fingerprint density at radius 2 is 1.31 bits per heavy atom. The SMILES string of the molecule is CCCCCCC[C@H](C)CCC[C@H](C)CO. The van der Waals surface area contributed by atoms with E-state index < -0.39 is 0 Å². The Hall–Kier alpha value is -0.0400. The summed E-state index contributed by atoms with van der Waals surface area (Å²) in [6.45, 7) is 7.13. The third-order valence-corrected chi connectivity index (χ3v) is 3.51. The lowest BCUT2D eigenvalue weighted by Crippen LogP contribution is -2.02. The van der Waals surface area contributed by atoms with E-state index in [0.717, 1.165) is 5.92 Å². The van der Waals surface area contributed by atoms with Gasteiger partial charge in [-0.3, -0.25) is 0 Å². The van der Waals surface area contributed by atoms with Gasteiger partial charge in [-0.15, -0.1) is 0 Å². The molecular weight excluding hydrogens is 196 g/mol. The molecule has 0 rings (SSSR count). The zero-order valence-corrected chi connectivity index (χ0v) is 11.7. The second-order valence-electron chi connectivity index (χ2n) is 5.53. The largest absolute Gasteiger partial charge is 0.396 e. The van der Waals surface area contributed by atoms with Gasteiger partial charge in [0.05, 0.1) is 0 Å². The molecule has 0 aliphatic carbocycles. The molecule has 0 bridgehead atoms. The van der Waals surface area contributed by atoms with Gasteiger partial charge in [0.1, 0.15) is 0 Å². The third kappa shape index (κ3) is 10.5. The molecule has 0 saturated heterocycles. The number of aliphatic hydroxyl groups is 1. The highest BCUT2D eigenvalue weighted by atomic mass is 16.3. The van der Waals surface area contributed by atoms with Crippen LogP contribution < -0.4 is 0 Å². The average molecular weight is 228 g/mol. The van der Waals surface area contributed by atoms with E-state index in [1.807, 2.05) is 0 Å². The van der Waals surface area contributed by atoms with E-state index in [-0.39, 0.29) is 0 Å². The van der Waals surface area contributed by atoms with Crippen LogP contribution in [0.2, 0.25) is 0 Å². The number of aliphatic hydroxyl groups excluding tert-OH is 1. The lowest BCUT2D eigenvalue weighted by atomic mass is 9.94. The first-order valence-corrected chi connectivity index (χ1v) is 7.31. The maximum absolute atomic E-state index is 8.92. The minimum absolute atomic E-state index is 0.353. The fourth-order valence-corrected chi connectivity index (χ4v) is 2.15. The zero-order chi connectivity index (χ0) is 12.2. The summed E-state index contributed by atoms with van der Waals surface area (Å²) in [4.78, 5) is 0. The first-order chi connectivity index (χ1) is 7.70. The van der Waals surface area contributed by atoms with Crippen molar-refractivity contribution in [1.29, 1.82) is 0 Å². The minimum atomic E-state index is 0.353. The maximum atomic E-state index is 8.92. The zero-order valence-electron chi connectivity index (χ0n) is 11.7. The number of hydrogen-bond donors (Lipinski definition) is 1. The van der Waals surface area contributed by atoms with Crippen molar-refractivity contribution >= 4 is 0 Å². The normalized spacial score (nSPS) is 15.0. The molecule has 98 valence electrons. The summed E-state index contributed by atoms with van der Waals surface area (Å²) in [7, 11) is 0. The van der Waals surface area contributed by atoms with Crippen LogP contribution in [0.15, 0.2) is 0 Å². The first kappa shape index (κ1) is 16.0. The van der Waals surface area contributed by atoms with Crippen molar-refractivity contribution in [2.24, 2.45) is 11.8 Å². The van der Waals surface area contributed by atoms with Crippen LogP contribution in [0.5, 0.6) is 0 Å². The molecular formula is C15H32O. The number of unbranched alkanes of at least 4 members (excludes halogenated alkanes) is 4.